The lowest BCUT2D eigenvalue weighted by atomic mass is 9.90. The molecular weight excluding hydrogens is 444 g/mol. The first kappa shape index (κ1) is 22.8. The van der Waals surface area contributed by atoms with E-state index in [0.717, 1.165) is 24.2 Å². The molecule has 0 spiro atoms. The van der Waals surface area contributed by atoms with Gasteiger partial charge in [-0.05, 0) is 49.1 Å². The second-order valence-corrected chi connectivity index (χ2v) is 8.96. The van der Waals surface area contributed by atoms with Crippen molar-refractivity contribution in [2.24, 2.45) is 5.92 Å². The standard InChI is InChI=1S/C28H26N2O5/c31-25(18-4-2-1-3-5-18)9-10-26(32)20-14-19-15-22(8-11-27(19)34-17-20)35-23-12-13-29-24(16-23)28(33)30-21-6-7-21/h1-5,8,11-13,15-16,20-21H,6-7,9-10,14,17H2,(H,30,33). The van der Waals surface area contributed by atoms with Crippen LogP contribution in [0.2, 0.25) is 0 Å². The van der Waals surface area contributed by atoms with Crippen LogP contribution >= 0.6 is 0 Å². The summed E-state index contributed by atoms with van der Waals surface area (Å²) in [5.74, 6) is 1.29. The van der Waals surface area contributed by atoms with Gasteiger partial charge in [-0.15, -0.1) is 0 Å². The molecule has 2 aromatic carbocycles. The summed E-state index contributed by atoms with van der Waals surface area (Å²) in [6.07, 6.45) is 4.46. The highest BCUT2D eigenvalue weighted by molar-refractivity contribution is 5.98. The fourth-order valence-corrected chi connectivity index (χ4v) is 4.07. The number of benzene rings is 2. The van der Waals surface area contributed by atoms with Crippen LogP contribution in [-0.2, 0) is 11.2 Å². The Kier molecular flexibility index (Phi) is 6.57. The van der Waals surface area contributed by atoms with Crippen LogP contribution in [0.5, 0.6) is 17.2 Å². The number of hydrogen-bond donors (Lipinski definition) is 1. The fraction of sp³-hybridized carbons (Fsp3) is 0.286. The molecular formula is C28H26N2O5. The number of aromatic nitrogens is 1. The summed E-state index contributed by atoms with van der Waals surface area (Å²) in [5.41, 5.74) is 1.81. The molecule has 3 aromatic rings. The molecule has 35 heavy (non-hydrogen) atoms. The van der Waals surface area contributed by atoms with Gasteiger partial charge in [0.1, 0.15) is 28.7 Å². The first-order chi connectivity index (χ1) is 17.0. The predicted octanol–water partition coefficient (Wildman–Crippen LogP) is 4.55. The second-order valence-electron chi connectivity index (χ2n) is 8.96. The fourth-order valence-electron chi connectivity index (χ4n) is 4.07. The number of ether oxygens (including phenoxy) is 2. The van der Waals surface area contributed by atoms with Crippen molar-refractivity contribution >= 4 is 17.5 Å². The summed E-state index contributed by atoms with van der Waals surface area (Å²) >= 11 is 0. The van der Waals surface area contributed by atoms with Crippen LogP contribution in [0.3, 0.4) is 0 Å². The van der Waals surface area contributed by atoms with E-state index in [9.17, 15) is 14.4 Å². The Morgan fingerprint density at radius 3 is 2.57 bits per heavy atom. The van der Waals surface area contributed by atoms with Crippen LogP contribution < -0.4 is 14.8 Å². The number of Topliss-reactive ketones (excluding diaryl/α,β-unsaturated/α-hetero) is 2. The molecule has 2 heterocycles. The van der Waals surface area contributed by atoms with Crippen molar-refractivity contribution in [2.75, 3.05) is 6.61 Å². The van der Waals surface area contributed by atoms with Crippen molar-refractivity contribution in [1.82, 2.24) is 10.3 Å². The van der Waals surface area contributed by atoms with Crippen molar-refractivity contribution in [3.63, 3.8) is 0 Å². The molecule has 1 unspecified atom stereocenters. The summed E-state index contributed by atoms with van der Waals surface area (Å²) in [4.78, 5) is 41.5. The average Bonchev–Trinajstić information content (AvgIpc) is 3.71. The Morgan fingerprint density at radius 2 is 1.77 bits per heavy atom. The van der Waals surface area contributed by atoms with Gasteiger partial charge >= 0.3 is 0 Å². The largest absolute Gasteiger partial charge is 0.493 e. The highest BCUT2D eigenvalue weighted by Crippen LogP contribution is 2.33. The molecule has 1 fully saturated rings. The number of rotatable bonds is 9. The molecule has 1 amide bonds. The molecule has 7 heteroatoms. The van der Waals surface area contributed by atoms with Gasteiger partial charge in [0.25, 0.3) is 5.91 Å². The van der Waals surface area contributed by atoms with Gasteiger partial charge in [0.2, 0.25) is 0 Å². The van der Waals surface area contributed by atoms with E-state index >= 15 is 0 Å². The summed E-state index contributed by atoms with van der Waals surface area (Å²) < 4.78 is 11.8. The van der Waals surface area contributed by atoms with E-state index in [4.69, 9.17) is 9.47 Å². The summed E-state index contributed by atoms with van der Waals surface area (Å²) in [5, 5.41) is 2.92. The number of nitrogens with zero attached hydrogens (tertiary/aromatic N) is 1. The number of carbonyl (C=O) groups is 3. The quantitative estimate of drug-likeness (QED) is 0.461. The van der Waals surface area contributed by atoms with Crippen LogP contribution in [0.25, 0.3) is 0 Å². The molecule has 1 aromatic heterocycles. The van der Waals surface area contributed by atoms with Crippen LogP contribution in [0.1, 0.15) is 52.1 Å². The van der Waals surface area contributed by atoms with E-state index in [1.807, 2.05) is 30.3 Å². The number of hydrogen-bond acceptors (Lipinski definition) is 6. The predicted molar refractivity (Wildman–Crippen MR) is 129 cm³/mol. The van der Waals surface area contributed by atoms with E-state index < -0.39 is 0 Å². The lowest BCUT2D eigenvalue weighted by Gasteiger charge is -2.25. The van der Waals surface area contributed by atoms with Crippen molar-refractivity contribution < 1.29 is 23.9 Å². The topological polar surface area (TPSA) is 94.6 Å². The maximum atomic E-state index is 12.8. The van der Waals surface area contributed by atoms with Gasteiger partial charge < -0.3 is 14.8 Å². The molecule has 7 nitrogen and oxygen atoms in total. The van der Waals surface area contributed by atoms with Gasteiger partial charge in [0, 0.05) is 36.7 Å². The number of ketones is 2. The first-order valence-corrected chi connectivity index (χ1v) is 11.9. The maximum absolute atomic E-state index is 12.8. The van der Waals surface area contributed by atoms with E-state index in [-0.39, 0.29) is 42.3 Å². The summed E-state index contributed by atoms with van der Waals surface area (Å²) in [6.45, 7) is 0.301. The van der Waals surface area contributed by atoms with Crippen LogP contribution in [0.4, 0.5) is 0 Å². The minimum absolute atomic E-state index is 0.0201. The van der Waals surface area contributed by atoms with Gasteiger partial charge in [0.15, 0.2) is 5.78 Å². The molecule has 2 aliphatic rings. The Labute approximate surface area is 203 Å². The lowest BCUT2D eigenvalue weighted by molar-refractivity contribution is -0.124. The molecule has 5 rings (SSSR count). The Morgan fingerprint density at radius 1 is 0.971 bits per heavy atom. The first-order valence-electron chi connectivity index (χ1n) is 11.9. The summed E-state index contributed by atoms with van der Waals surface area (Å²) in [6, 6.07) is 18.1. The molecule has 0 radical (unpaired) electrons. The maximum Gasteiger partial charge on any atom is 0.270 e. The molecule has 178 valence electrons. The number of pyridine rings is 1. The van der Waals surface area contributed by atoms with Gasteiger partial charge in [-0.1, -0.05) is 30.3 Å². The van der Waals surface area contributed by atoms with Crippen LogP contribution in [0, 0.1) is 5.92 Å². The molecule has 0 saturated heterocycles. The zero-order valence-corrected chi connectivity index (χ0v) is 19.2. The van der Waals surface area contributed by atoms with E-state index in [0.29, 0.717) is 35.8 Å². The van der Waals surface area contributed by atoms with Crippen LogP contribution in [-0.4, -0.2) is 35.1 Å². The molecule has 1 saturated carbocycles. The summed E-state index contributed by atoms with van der Waals surface area (Å²) in [7, 11) is 0. The van der Waals surface area contributed by atoms with E-state index in [2.05, 4.69) is 10.3 Å². The zero-order chi connectivity index (χ0) is 24.2. The number of amides is 1. The van der Waals surface area contributed by atoms with Crippen molar-refractivity contribution in [1.29, 1.82) is 0 Å². The third kappa shape index (κ3) is 5.74. The van der Waals surface area contributed by atoms with Gasteiger partial charge in [-0.3, -0.25) is 19.4 Å². The van der Waals surface area contributed by atoms with Crippen molar-refractivity contribution in [3.05, 3.63) is 83.7 Å². The highest BCUT2D eigenvalue weighted by atomic mass is 16.5. The number of fused-ring (bicyclic) bond motifs is 1. The third-order valence-electron chi connectivity index (χ3n) is 6.20. The van der Waals surface area contributed by atoms with E-state index in [1.165, 1.54) is 0 Å². The van der Waals surface area contributed by atoms with Crippen LogP contribution in [0.15, 0.2) is 66.9 Å². The van der Waals surface area contributed by atoms with Gasteiger partial charge in [-0.25, -0.2) is 0 Å². The number of nitrogens with one attached hydrogen (secondary N) is 1. The second kappa shape index (κ2) is 10.1. The third-order valence-corrected chi connectivity index (χ3v) is 6.20. The molecule has 1 aliphatic carbocycles. The SMILES string of the molecule is O=C(CCC(=O)C1COc2ccc(Oc3ccnc(C(=O)NC4CC4)c3)cc2C1)c1ccccc1. The Bertz CT molecular complexity index is 1250. The smallest absolute Gasteiger partial charge is 0.270 e. The van der Waals surface area contributed by atoms with Gasteiger partial charge in [0.05, 0.1) is 12.5 Å². The number of carbonyl (C=O) groups excluding carboxylic acids is 3. The Hall–Kier alpha value is -4.00. The zero-order valence-electron chi connectivity index (χ0n) is 19.2. The monoisotopic (exact) mass is 470 g/mol. The highest BCUT2D eigenvalue weighted by Gasteiger charge is 2.27. The van der Waals surface area contributed by atoms with Gasteiger partial charge in [-0.2, -0.15) is 0 Å². The minimum atomic E-state index is -0.306. The molecule has 0 bridgehead atoms. The molecule has 1 atom stereocenters. The van der Waals surface area contributed by atoms with E-state index in [1.54, 1.807) is 36.5 Å². The normalized spacial score (nSPS) is 16.5. The molecule has 1 aliphatic heterocycles. The minimum Gasteiger partial charge on any atom is -0.493 e. The Balaban J connectivity index is 1.20. The van der Waals surface area contributed by atoms with Crippen molar-refractivity contribution in [2.45, 2.75) is 38.1 Å². The lowest BCUT2D eigenvalue weighted by Crippen LogP contribution is -2.28. The molecule has 1 N–H and O–H groups in total. The van der Waals surface area contributed by atoms with Crippen molar-refractivity contribution in [3.8, 4) is 17.2 Å². The average molecular weight is 471 g/mol.